The molecule has 84 heavy (non-hydrogen) atoms. The van der Waals surface area contributed by atoms with Gasteiger partial charge in [0.2, 0.25) is 20.4 Å². The number of hydrogen-bond acceptors (Lipinski definition) is 23. The minimum Gasteiger partial charge on any atom is -0.465 e. The van der Waals surface area contributed by atoms with Gasteiger partial charge in [0.25, 0.3) is 0 Å². The molecule has 0 saturated heterocycles. The molecular formula is C61H58N2O20S. The molecule has 0 amide bonds. The second kappa shape index (κ2) is 31.0. The maximum atomic E-state index is 13.8. The zero-order chi connectivity index (χ0) is 60.0. The molecule has 22 nitrogen and oxygen atoms in total. The molecule has 0 atom stereocenters. The van der Waals surface area contributed by atoms with Gasteiger partial charge >= 0.3 is 47.8 Å². The average molecular weight is 1170 g/mol. The highest BCUT2D eigenvalue weighted by Crippen LogP contribution is 2.40. The highest BCUT2D eigenvalue weighted by atomic mass is 32.1. The molecule has 0 spiro atoms. The number of nitrogens with zero attached hydrogens (tertiary/aromatic N) is 2. The number of esters is 8. The van der Waals surface area contributed by atoms with E-state index in [9.17, 15) is 43.6 Å². The number of carbonyl (C=O) groups excluding carboxylic acids is 8. The van der Waals surface area contributed by atoms with Crippen LogP contribution in [0.1, 0.15) is 68.1 Å². The first-order chi connectivity index (χ1) is 40.7. The van der Waals surface area contributed by atoms with E-state index in [1.54, 1.807) is 36.4 Å². The van der Waals surface area contributed by atoms with Gasteiger partial charge in [-0.05, 0) is 105 Å². The van der Waals surface area contributed by atoms with Crippen LogP contribution in [0.25, 0.3) is 20.8 Å². The first-order valence-corrected chi connectivity index (χ1v) is 27.1. The van der Waals surface area contributed by atoms with Crippen LogP contribution in [-0.4, -0.2) is 86.5 Å². The Balaban J connectivity index is 0.928. The molecular weight excluding hydrogens is 1110 g/mol. The van der Waals surface area contributed by atoms with Crippen LogP contribution in [0.2, 0.25) is 0 Å². The third-order valence-corrected chi connectivity index (χ3v) is 14.5. The quantitative estimate of drug-likeness (QED) is 0.0113. The molecule has 23 heteroatoms. The van der Waals surface area contributed by atoms with Crippen molar-refractivity contribution in [3.63, 3.8) is 0 Å². The summed E-state index contributed by atoms with van der Waals surface area (Å²) < 4.78 is 65.5. The molecule has 0 N–H and O–H groups in total. The number of carbonyl (C=O) groups is 8. The van der Waals surface area contributed by atoms with Crippen LogP contribution in [0, 0.1) is 35.0 Å². The fourth-order valence-corrected chi connectivity index (χ4v) is 9.95. The predicted molar refractivity (Wildman–Crippen MR) is 296 cm³/mol. The van der Waals surface area contributed by atoms with Gasteiger partial charge in [0, 0.05) is 47.9 Å². The number of nitriles is 1. The predicted octanol–water partition coefficient (Wildman–Crippen LogP) is 9.05. The Hall–Kier alpha value is -9.66. The molecule has 0 aliphatic heterocycles. The van der Waals surface area contributed by atoms with E-state index in [1.165, 1.54) is 47.7 Å². The summed E-state index contributed by atoms with van der Waals surface area (Å²) >= 11 is 1.36. The third-order valence-electron chi connectivity index (χ3n) is 13.3. The summed E-state index contributed by atoms with van der Waals surface area (Å²) in [4.78, 5) is 105. The minimum atomic E-state index is -0.740. The number of benzene rings is 4. The van der Waals surface area contributed by atoms with Crippen molar-refractivity contribution in [2.45, 2.75) is 64.4 Å². The standard InChI is InChI=1S/C61H58N2O20S/c1-5-51(64)77-33-72-32-44-29-45(22-25-47(44)74-34-78-52(65)6-2)81-59(69)42-17-19-43(20-18-42)61(71)83-49-24-21-38(56-55(49)63-57(84-56)39-11-9-37(31-62)10-12-39)27-28-73-58(68)40-13-15-41(16-14-40)60(70)82-46-23-26-48(75-35-79-53(66)7-3)50(30-46)76-36-80-54(67)8-4/h5-12,21-26,29-30,40-43H,1-4,13-20,27-28,32-36H2. The number of fused-ring (bicyclic) bond motifs is 1. The zero-order valence-electron chi connectivity index (χ0n) is 45.4. The fourth-order valence-electron chi connectivity index (χ4n) is 8.82. The van der Waals surface area contributed by atoms with E-state index in [2.05, 4.69) is 32.4 Å². The first kappa shape index (κ1) is 61.9. The highest BCUT2D eigenvalue weighted by Gasteiger charge is 2.34. The Morgan fingerprint density at radius 1 is 0.512 bits per heavy atom. The second-order valence-corrected chi connectivity index (χ2v) is 19.7. The maximum absolute atomic E-state index is 13.8. The molecule has 1 aromatic heterocycles. The summed E-state index contributed by atoms with van der Waals surface area (Å²) in [6, 6.07) is 21.2. The van der Waals surface area contributed by atoms with Gasteiger partial charge in [-0.15, -0.1) is 11.3 Å². The Labute approximate surface area is 486 Å². The molecule has 5 aromatic rings. The van der Waals surface area contributed by atoms with Crippen molar-refractivity contribution in [1.29, 1.82) is 5.26 Å². The van der Waals surface area contributed by atoms with Crippen LogP contribution in [0.15, 0.2) is 123 Å². The van der Waals surface area contributed by atoms with Crippen LogP contribution >= 0.6 is 11.3 Å². The number of rotatable bonds is 28. The van der Waals surface area contributed by atoms with Crippen molar-refractivity contribution in [1.82, 2.24) is 4.98 Å². The van der Waals surface area contributed by atoms with Crippen LogP contribution in [0.3, 0.4) is 0 Å². The molecule has 0 radical (unpaired) electrons. The van der Waals surface area contributed by atoms with Gasteiger partial charge < -0.3 is 56.8 Å². The number of aromatic nitrogens is 1. The molecule has 0 bridgehead atoms. The normalized spacial score (nSPS) is 16.2. The van der Waals surface area contributed by atoms with Crippen LogP contribution < -0.4 is 28.4 Å². The Bertz CT molecular complexity index is 3310. The first-order valence-electron chi connectivity index (χ1n) is 26.3. The molecule has 7 rings (SSSR count). The lowest BCUT2D eigenvalue weighted by molar-refractivity contribution is -0.152. The largest absolute Gasteiger partial charge is 0.465 e. The Kier molecular flexibility index (Phi) is 22.8. The van der Waals surface area contributed by atoms with E-state index in [-0.39, 0.29) is 47.7 Å². The van der Waals surface area contributed by atoms with E-state index in [1.807, 2.05) is 0 Å². The van der Waals surface area contributed by atoms with Crippen molar-refractivity contribution >= 4 is 69.3 Å². The van der Waals surface area contributed by atoms with Crippen LogP contribution in [-0.2, 0) is 79.8 Å². The van der Waals surface area contributed by atoms with E-state index in [0.717, 1.165) is 35.4 Å². The summed E-state index contributed by atoms with van der Waals surface area (Å²) in [5, 5.41) is 10.0. The van der Waals surface area contributed by atoms with Crippen molar-refractivity contribution in [3.8, 4) is 51.1 Å². The van der Waals surface area contributed by atoms with Crippen LogP contribution in [0.4, 0.5) is 0 Å². The van der Waals surface area contributed by atoms with Gasteiger partial charge in [-0.2, -0.15) is 5.26 Å². The average Bonchev–Trinajstić information content (AvgIpc) is 4.20. The third kappa shape index (κ3) is 17.7. The van der Waals surface area contributed by atoms with Gasteiger partial charge in [-0.25, -0.2) is 24.2 Å². The molecule has 2 aliphatic carbocycles. The fraction of sp³-hybridized carbons (Fsp3) is 0.311. The minimum absolute atomic E-state index is 0.0195. The molecule has 1 heterocycles. The Morgan fingerprint density at radius 3 is 1.51 bits per heavy atom. The number of ether oxygens (including phenoxy) is 12. The maximum Gasteiger partial charge on any atom is 0.333 e. The number of thiazole rings is 1. The molecule has 2 saturated carbocycles. The monoisotopic (exact) mass is 1170 g/mol. The number of hydrogen-bond donors (Lipinski definition) is 0. The molecule has 4 aromatic carbocycles. The van der Waals surface area contributed by atoms with E-state index in [4.69, 9.17) is 61.8 Å². The molecule has 438 valence electrons. The lowest BCUT2D eigenvalue weighted by Gasteiger charge is -2.26. The topological polar surface area (TPSA) is 284 Å². The molecule has 2 aliphatic rings. The van der Waals surface area contributed by atoms with E-state index < -0.39 is 98.6 Å². The summed E-state index contributed by atoms with van der Waals surface area (Å²) in [6.45, 7) is 11.4. The zero-order valence-corrected chi connectivity index (χ0v) is 46.3. The second-order valence-electron chi connectivity index (χ2n) is 18.7. The van der Waals surface area contributed by atoms with Gasteiger partial charge in [0.15, 0.2) is 24.0 Å². The lowest BCUT2D eigenvalue weighted by Crippen LogP contribution is -2.30. The van der Waals surface area contributed by atoms with Crippen molar-refractivity contribution in [2.24, 2.45) is 23.7 Å². The SMILES string of the molecule is C=CC(=O)OCOCc1cc(OC(=O)C2CCC(C(=O)Oc3ccc(CCOC(=O)C4CCC(C(=O)Oc5ccc(OCOC(=O)C=C)c(OCOC(=O)C=C)c5)CC4)c4sc(-c5ccc(C#N)cc5)nc34)CC2)ccc1OCOC(=O)C=C. The van der Waals surface area contributed by atoms with Crippen molar-refractivity contribution < 1.29 is 95.2 Å². The van der Waals surface area contributed by atoms with Gasteiger partial charge in [-0.1, -0.05) is 44.5 Å². The van der Waals surface area contributed by atoms with E-state index >= 15 is 0 Å². The van der Waals surface area contributed by atoms with Crippen LogP contribution in [0.5, 0.6) is 34.5 Å². The summed E-state index contributed by atoms with van der Waals surface area (Å²) in [6.07, 6.45) is 6.98. The Morgan fingerprint density at radius 2 is 0.976 bits per heavy atom. The summed E-state index contributed by atoms with van der Waals surface area (Å²) in [5.41, 5.74) is 2.80. The highest BCUT2D eigenvalue weighted by molar-refractivity contribution is 7.21. The van der Waals surface area contributed by atoms with Gasteiger partial charge in [0.05, 0.1) is 53.2 Å². The molecule has 2 fully saturated rings. The lowest BCUT2D eigenvalue weighted by atomic mass is 9.82. The summed E-state index contributed by atoms with van der Waals surface area (Å²) in [7, 11) is 0. The molecule has 0 unspecified atom stereocenters. The van der Waals surface area contributed by atoms with E-state index in [0.29, 0.717) is 84.1 Å². The summed E-state index contributed by atoms with van der Waals surface area (Å²) in [5.74, 6) is -5.98. The van der Waals surface area contributed by atoms with Crippen molar-refractivity contribution in [3.05, 3.63) is 140 Å². The smallest absolute Gasteiger partial charge is 0.333 e. The van der Waals surface area contributed by atoms with Gasteiger partial charge in [0.1, 0.15) is 27.8 Å². The van der Waals surface area contributed by atoms with Crippen molar-refractivity contribution in [2.75, 3.05) is 33.8 Å². The van der Waals surface area contributed by atoms with Gasteiger partial charge in [-0.3, -0.25) is 19.2 Å².